The van der Waals surface area contributed by atoms with E-state index in [4.69, 9.17) is 0 Å². The number of hydrogen-bond donors (Lipinski definition) is 0. The van der Waals surface area contributed by atoms with Gasteiger partial charge in [0.25, 0.3) is 0 Å². The van der Waals surface area contributed by atoms with Crippen LogP contribution in [-0.4, -0.2) is 0 Å². The van der Waals surface area contributed by atoms with Crippen molar-refractivity contribution in [2.24, 2.45) is 0 Å². The number of aryl methyl sites for hydroxylation is 1. The molecule has 2 aliphatic rings. The van der Waals surface area contributed by atoms with Gasteiger partial charge in [0.1, 0.15) is 0 Å². The largest absolute Gasteiger partial charge is 0.135 e. The average Bonchev–Trinajstić information content (AvgIpc) is 3.75. The molecule has 3 unspecified atom stereocenters. The lowest BCUT2D eigenvalue weighted by Gasteiger charge is -2.33. The molecule has 0 radical (unpaired) electrons. The van der Waals surface area contributed by atoms with E-state index in [2.05, 4.69) is 191 Å². The fourth-order valence-corrected chi connectivity index (χ4v) is 12.0. The highest BCUT2D eigenvalue weighted by Crippen LogP contribution is 2.55. The van der Waals surface area contributed by atoms with Crippen LogP contribution in [0, 0.1) is 0 Å². The Morgan fingerprint density at radius 3 is 2.14 bits per heavy atom. The van der Waals surface area contributed by atoms with E-state index in [1.54, 1.807) is 0 Å². The highest BCUT2D eigenvalue weighted by atomic mass is 32.1. The van der Waals surface area contributed by atoms with Gasteiger partial charge in [-0.1, -0.05) is 185 Å². The molecule has 0 amide bonds. The molecule has 2 aliphatic carbocycles. The normalized spacial score (nSPS) is 16.2. The second-order valence-corrected chi connectivity index (χ2v) is 18.2. The van der Waals surface area contributed by atoms with Crippen LogP contribution in [0.1, 0.15) is 89.5 Å². The Balaban J connectivity index is 1.00. The van der Waals surface area contributed by atoms with Gasteiger partial charge in [0, 0.05) is 31.5 Å². The third-order valence-electron chi connectivity index (χ3n) is 13.7. The molecule has 1 heteroatoms. The minimum Gasteiger partial charge on any atom is -0.135 e. The van der Waals surface area contributed by atoms with Gasteiger partial charge in [0.15, 0.2) is 0 Å². The molecule has 0 nitrogen and oxygen atoms in total. The van der Waals surface area contributed by atoms with Crippen molar-refractivity contribution in [2.45, 2.75) is 63.2 Å². The minimum atomic E-state index is -0.139. The lowest BCUT2D eigenvalue weighted by atomic mass is 9.71. The zero-order chi connectivity index (χ0) is 38.3. The molecule has 8 aromatic carbocycles. The first-order chi connectivity index (χ1) is 28.0. The van der Waals surface area contributed by atoms with Crippen LogP contribution in [0.2, 0.25) is 0 Å². The van der Waals surface area contributed by atoms with E-state index in [0.717, 1.165) is 19.3 Å². The summed E-state index contributed by atoms with van der Waals surface area (Å²) in [7, 11) is 0. The zero-order valence-electron chi connectivity index (χ0n) is 32.9. The van der Waals surface area contributed by atoms with Crippen molar-refractivity contribution in [3.8, 4) is 22.3 Å². The summed E-state index contributed by atoms with van der Waals surface area (Å²) in [6.07, 6.45) is 3.14. The lowest BCUT2D eigenvalue weighted by Crippen LogP contribution is -2.19. The molecule has 0 N–H and O–H groups in total. The predicted octanol–water partition coefficient (Wildman–Crippen LogP) is 15.4. The van der Waals surface area contributed by atoms with Crippen molar-refractivity contribution in [3.63, 3.8) is 0 Å². The van der Waals surface area contributed by atoms with Crippen LogP contribution in [0.4, 0.5) is 0 Å². The lowest BCUT2D eigenvalue weighted by molar-refractivity contribution is 0.565. The van der Waals surface area contributed by atoms with Gasteiger partial charge in [-0.3, -0.25) is 0 Å². The van der Waals surface area contributed by atoms with Crippen LogP contribution in [0.5, 0.6) is 0 Å². The summed E-state index contributed by atoms with van der Waals surface area (Å²) in [6.45, 7) is 7.40. The maximum Gasteiger partial charge on any atom is 0.0387 e. The van der Waals surface area contributed by atoms with E-state index in [-0.39, 0.29) is 11.3 Å². The number of fused-ring (bicyclic) bond motifs is 11. The van der Waals surface area contributed by atoms with Crippen LogP contribution in [0.15, 0.2) is 170 Å². The SMILES string of the molecule is CC(c1ccc2c(c1)C(C)(C)c1cc(C(CCc3cccc4c3sc3ccccc34)c3ccccc3)c3ccccc3c1-2)C1Cc2ccccc2-c2ccccc21. The van der Waals surface area contributed by atoms with Gasteiger partial charge in [-0.25, -0.2) is 0 Å². The monoisotopic (exact) mass is 750 g/mol. The number of benzene rings is 8. The summed E-state index contributed by atoms with van der Waals surface area (Å²) in [5.41, 5.74) is 17.1. The highest BCUT2D eigenvalue weighted by molar-refractivity contribution is 7.26. The molecule has 0 fully saturated rings. The molecule has 1 aromatic heterocycles. The smallest absolute Gasteiger partial charge is 0.0387 e. The first-order valence-corrected chi connectivity index (χ1v) is 21.6. The first-order valence-electron chi connectivity index (χ1n) is 20.8. The van der Waals surface area contributed by atoms with Crippen molar-refractivity contribution in [1.29, 1.82) is 0 Å². The van der Waals surface area contributed by atoms with Gasteiger partial charge in [-0.15, -0.1) is 11.3 Å². The van der Waals surface area contributed by atoms with E-state index < -0.39 is 0 Å². The molecule has 57 heavy (non-hydrogen) atoms. The zero-order valence-corrected chi connectivity index (χ0v) is 33.7. The molecule has 0 saturated carbocycles. The number of thiophene rings is 1. The third kappa shape index (κ3) is 5.47. The van der Waals surface area contributed by atoms with E-state index >= 15 is 0 Å². The maximum atomic E-state index is 2.62. The molecule has 0 bridgehead atoms. The van der Waals surface area contributed by atoms with Crippen LogP contribution in [-0.2, 0) is 18.3 Å². The van der Waals surface area contributed by atoms with Gasteiger partial charge in [-0.05, 0) is 115 Å². The standard InChI is InChI=1S/C56H46S/c1-35(49-32-39-18-7-8-20-40(39)42-21-9-10-22-43(42)49)38-29-31-48-51(33-38)56(2,3)52-34-50(44-23-11-12-25-46(44)54(48)52)41(36-16-5-4-6-17-36)30-28-37-19-15-26-47-45-24-13-14-27-53(45)57-55(37)47/h4-27,29,31,33-35,41,49H,28,30,32H2,1-3H3. The van der Waals surface area contributed by atoms with Crippen LogP contribution in [0.3, 0.4) is 0 Å². The average molecular weight is 751 g/mol. The van der Waals surface area contributed by atoms with Gasteiger partial charge in [0.05, 0.1) is 0 Å². The van der Waals surface area contributed by atoms with Crippen molar-refractivity contribution in [2.75, 3.05) is 0 Å². The van der Waals surface area contributed by atoms with Gasteiger partial charge >= 0.3 is 0 Å². The Labute approximate surface area is 340 Å². The van der Waals surface area contributed by atoms with Crippen LogP contribution < -0.4 is 0 Å². The van der Waals surface area contributed by atoms with Gasteiger partial charge in [-0.2, -0.15) is 0 Å². The van der Waals surface area contributed by atoms with Crippen molar-refractivity contribution >= 4 is 42.3 Å². The molecule has 0 aliphatic heterocycles. The van der Waals surface area contributed by atoms with E-state index in [1.165, 1.54) is 97.7 Å². The molecular formula is C56H46S. The van der Waals surface area contributed by atoms with Crippen LogP contribution >= 0.6 is 11.3 Å². The third-order valence-corrected chi connectivity index (χ3v) is 15.0. The maximum absolute atomic E-state index is 2.62. The van der Waals surface area contributed by atoms with Crippen LogP contribution in [0.25, 0.3) is 53.2 Å². The van der Waals surface area contributed by atoms with Gasteiger partial charge < -0.3 is 0 Å². The Kier molecular flexibility index (Phi) is 8.12. The molecule has 0 spiro atoms. The summed E-state index contributed by atoms with van der Waals surface area (Å²) < 4.78 is 2.81. The highest BCUT2D eigenvalue weighted by Gasteiger charge is 2.39. The second-order valence-electron chi connectivity index (χ2n) is 17.1. The minimum absolute atomic E-state index is 0.139. The Bertz CT molecular complexity index is 3000. The quantitative estimate of drug-likeness (QED) is 0.152. The summed E-state index contributed by atoms with van der Waals surface area (Å²) >= 11 is 1.95. The van der Waals surface area contributed by atoms with E-state index in [9.17, 15) is 0 Å². The second kappa shape index (κ2) is 13.4. The summed E-state index contributed by atoms with van der Waals surface area (Å²) in [6, 6.07) is 64.6. The number of rotatable bonds is 7. The summed E-state index contributed by atoms with van der Waals surface area (Å²) in [4.78, 5) is 0. The molecule has 1 heterocycles. The van der Waals surface area contributed by atoms with E-state index in [0.29, 0.717) is 11.8 Å². The van der Waals surface area contributed by atoms with Crippen molar-refractivity contribution in [3.05, 3.63) is 214 Å². The molecule has 9 aromatic rings. The summed E-state index contributed by atoms with van der Waals surface area (Å²) in [5, 5.41) is 5.52. The first kappa shape index (κ1) is 34.5. The Hall–Kier alpha value is -5.76. The van der Waals surface area contributed by atoms with E-state index in [1.807, 2.05) is 11.3 Å². The van der Waals surface area contributed by atoms with Crippen molar-refractivity contribution < 1.29 is 0 Å². The fourth-order valence-electron chi connectivity index (χ4n) is 10.7. The van der Waals surface area contributed by atoms with Gasteiger partial charge in [0.2, 0.25) is 0 Å². The topological polar surface area (TPSA) is 0 Å². The number of hydrogen-bond acceptors (Lipinski definition) is 1. The summed E-state index contributed by atoms with van der Waals surface area (Å²) in [5.74, 6) is 1.07. The Morgan fingerprint density at radius 2 is 1.28 bits per heavy atom. The Morgan fingerprint density at radius 1 is 0.579 bits per heavy atom. The molecule has 0 saturated heterocycles. The van der Waals surface area contributed by atoms with Crippen molar-refractivity contribution in [1.82, 2.24) is 0 Å². The predicted molar refractivity (Wildman–Crippen MR) is 244 cm³/mol. The molecular weight excluding hydrogens is 705 g/mol. The molecule has 11 rings (SSSR count). The fraction of sp³-hybridized carbons (Fsp3) is 0.179. The molecule has 3 atom stereocenters. The molecule has 276 valence electrons.